The molecule has 0 saturated heterocycles. The predicted molar refractivity (Wildman–Crippen MR) is 103 cm³/mol. The van der Waals surface area contributed by atoms with Gasteiger partial charge in [-0.15, -0.1) is 10.2 Å². The molecule has 7 heteroatoms. The van der Waals surface area contributed by atoms with E-state index in [0.29, 0.717) is 11.7 Å². The second-order valence-corrected chi connectivity index (χ2v) is 7.50. The second kappa shape index (κ2) is 7.33. The van der Waals surface area contributed by atoms with Crippen molar-refractivity contribution in [2.75, 3.05) is 5.73 Å². The van der Waals surface area contributed by atoms with Crippen LogP contribution in [0.5, 0.6) is 0 Å². The number of benzene rings is 1. The van der Waals surface area contributed by atoms with E-state index < -0.39 is 0 Å². The minimum Gasteiger partial charge on any atom is -0.374 e. The van der Waals surface area contributed by atoms with Crippen LogP contribution in [0.3, 0.4) is 0 Å². The Morgan fingerprint density at radius 1 is 1.32 bits per heavy atom. The lowest BCUT2D eigenvalue weighted by molar-refractivity contribution is 0.511. The lowest BCUT2D eigenvalue weighted by atomic mass is 10.0. The van der Waals surface area contributed by atoms with Gasteiger partial charge in [0.15, 0.2) is 5.43 Å². The fraction of sp³-hybridized carbons (Fsp3) is 0.389. The van der Waals surface area contributed by atoms with Crippen molar-refractivity contribution < 1.29 is 0 Å². The Morgan fingerprint density at radius 3 is 2.84 bits per heavy atom. The summed E-state index contributed by atoms with van der Waals surface area (Å²) >= 11 is 1.39. The van der Waals surface area contributed by atoms with Crippen LogP contribution in [0, 0.1) is 13.8 Å². The highest BCUT2D eigenvalue weighted by atomic mass is 32.1. The third-order valence-electron chi connectivity index (χ3n) is 4.47. The number of aryl methyl sites for hydroxylation is 2. The molecule has 0 aliphatic rings. The van der Waals surface area contributed by atoms with Crippen molar-refractivity contribution in [1.82, 2.24) is 20.5 Å². The van der Waals surface area contributed by atoms with Gasteiger partial charge >= 0.3 is 0 Å². The summed E-state index contributed by atoms with van der Waals surface area (Å²) in [6.45, 7) is 6.75. The number of hydrogen-bond acceptors (Lipinski definition) is 6. The molecule has 0 spiro atoms. The molecule has 0 saturated carbocycles. The number of pyridine rings is 1. The highest BCUT2D eigenvalue weighted by molar-refractivity contribution is 7.15. The number of rotatable bonds is 6. The van der Waals surface area contributed by atoms with Crippen LogP contribution in [-0.4, -0.2) is 21.2 Å². The number of H-pyrrole nitrogens is 1. The van der Waals surface area contributed by atoms with Crippen molar-refractivity contribution in [3.05, 3.63) is 50.3 Å². The summed E-state index contributed by atoms with van der Waals surface area (Å²) in [7, 11) is 0. The van der Waals surface area contributed by atoms with Crippen LogP contribution < -0.4 is 16.5 Å². The van der Waals surface area contributed by atoms with Gasteiger partial charge < -0.3 is 16.0 Å². The summed E-state index contributed by atoms with van der Waals surface area (Å²) < 4.78 is 0. The maximum Gasteiger partial charge on any atom is 0.203 e. The van der Waals surface area contributed by atoms with Gasteiger partial charge in [-0.05, 0) is 45.2 Å². The van der Waals surface area contributed by atoms with Crippen LogP contribution in [0.2, 0.25) is 0 Å². The van der Waals surface area contributed by atoms with Crippen molar-refractivity contribution >= 4 is 27.4 Å². The average Bonchev–Trinajstić information content (AvgIpc) is 2.99. The summed E-state index contributed by atoms with van der Waals surface area (Å²) in [4.78, 5) is 16.2. The highest BCUT2D eigenvalue weighted by Gasteiger charge is 2.12. The first-order valence-electron chi connectivity index (χ1n) is 8.38. The lowest BCUT2D eigenvalue weighted by Crippen LogP contribution is -2.27. The molecule has 0 aliphatic heterocycles. The maximum atomic E-state index is 12.8. The molecule has 2 heterocycles. The fourth-order valence-electron chi connectivity index (χ4n) is 2.98. The molecule has 2 aromatic heterocycles. The molecule has 0 aliphatic carbocycles. The molecule has 4 N–H and O–H groups in total. The Balaban J connectivity index is 1.69. The highest BCUT2D eigenvalue weighted by Crippen LogP contribution is 2.16. The molecule has 25 heavy (non-hydrogen) atoms. The number of nitrogen functional groups attached to an aromatic ring is 1. The number of nitrogens with two attached hydrogens (primary N) is 1. The molecule has 0 bridgehead atoms. The molecule has 1 atom stereocenters. The standard InChI is InChI=1S/C18H23N5OS/c1-10-5-4-6-14-16(10)21-12(3)13(17(14)24)8-7-11(2)20-9-15-22-23-18(19)25-15/h4-6,11,20H,7-9H2,1-3H3,(H2,19,23)(H,21,24)/t11-/m1/s1. The predicted octanol–water partition coefficient (Wildman–Crippen LogP) is 2.69. The van der Waals surface area contributed by atoms with Crippen LogP contribution in [0.4, 0.5) is 5.13 Å². The van der Waals surface area contributed by atoms with Crippen LogP contribution in [0.25, 0.3) is 10.9 Å². The van der Waals surface area contributed by atoms with Crippen LogP contribution in [-0.2, 0) is 13.0 Å². The molecular formula is C18H23N5OS. The maximum absolute atomic E-state index is 12.8. The van der Waals surface area contributed by atoms with E-state index in [-0.39, 0.29) is 11.5 Å². The third kappa shape index (κ3) is 3.88. The van der Waals surface area contributed by atoms with Gasteiger partial charge in [0.25, 0.3) is 0 Å². The molecule has 0 radical (unpaired) electrons. The number of nitrogens with one attached hydrogen (secondary N) is 2. The number of aromatic amines is 1. The molecule has 0 unspecified atom stereocenters. The van der Waals surface area contributed by atoms with Gasteiger partial charge in [-0.25, -0.2) is 0 Å². The lowest BCUT2D eigenvalue weighted by Gasteiger charge is -2.14. The topological polar surface area (TPSA) is 96.7 Å². The van der Waals surface area contributed by atoms with Crippen LogP contribution >= 0.6 is 11.3 Å². The minimum absolute atomic E-state index is 0.138. The van der Waals surface area contributed by atoms with Crippen molar-refractivity contribution in [3.8, 4) is 0 Å². The summed E-state index contributed by atoms with van der Waals surface area (Å²) in [5.74, 6) is 0. The number of nitrogens with zero attached hydrogens (tertiary/aromatic N) is 2. The van der Waals surface area contributed by atoms with Crippen molar-refractivity contribution in [3.63, 3.8) is 0 Å². The van der Waals surface area contributed by atoms with E-state index in [2.05, 4.69) is 27.4 Å². The van der Waals surface area contributed by atoms with Crippen LogP contribution in [0.15, 0.2) is 23.0 Å². The van der Waals surface area contributed by atoms with E-state index in [1.54, 1.807) is 0 Å². The summed E-state index contributed by atoms with van der Waals surface area (Å²) in [6.07, 6.45) is 1.60. The van der Waals surface area contributed by atoms with Gasteiger partial charge in [0.1, 0.15) is 5.01 Å². The van der Waals surface area contributed by atoms with E-state index >= 15 is 0 Å². The van der Waals surface area contributed by atoms with Crippen molar-refractivity contribution in [2.24, 2.45) is 0 Å². The first kappa shape index (κ1) is 17.6. The van der Waals surface area contributed by atoms with Gasteiger partial charge in [-0.3, -0.25) is 4.79 Å². The summed E-state index contributed by atoms with van der Waals surface area (Å²) in [5, 5.41) is 13.3. The Morgan fingerprint density at radius 2 is 2.12 bits per heavy atom. The Kier molecular flexibility index (Phi) is 5.15. The van der Waals surface area contributed by atoms with Gasteiger partial charge in [-0.2, -0.15) is 0 Å². The number of para-hydroxylation sites is 1. The van der Waals surface area contributed by atoms with Crippen molar-refractivity contribution in [2.45, 2.75) is 46.2 Å². The smallest absolute Gasteiger partial charge is 0.203 e. The number of anilines is 1. The summed E-state index contributed by atoms with van der Waals surface area (Å²) in [6, 6.07) is 6.11. The van der Waals surface area contributed by atoms with Crippen LogP contribution in [0.1, 0.15) is 35.2 Å². The quantitative estimate of drug-likeness (QED) is 0.630. The molecule has 3 rings (SSSR count). The van der Waals surface area contributed by atoms with E-state index in [4.69, 9.17) is 5.73 Å². The normalized spacial score (nSPS) is 12.6. The molecule has 132 valence electrons. The van der Waals surface area contributed by atoms with E-state index in [1.165, 1.54) is 11.3 Å². The zero-order chi connectivity index (χ0) is 18.0. The second-order valence-electron chi connectivity index (χ2n) is 6.41. The van der Waals surface area contributed by atoms with Gasteiger partial charge in [0.2, 0.25) is 5.13 Å². The largest absolute Gasteiger partial charge is 0.374 e. The zero-order valence-electron chi connectivity index (χ0n) is 14.7. The summed E-state index contributed by atoms with van der Waals surface area (Å²) in [5.41, 5.74) is 9.58. The first-order valence-corrected chi connectivity index (χ1v) is 9.19. The molecule has 3 aromatic rings. The SMILES string of the molecule is Cc1[nH]c2c(C)cccc2c(=O)c1CC[C@@H](C)NCc1nnc(N)s1. The van der Waals surface area contributed by atoms with Gasteiger partial charge in [-0.1, -0.05) is 23.5 Å². The Hall–Kier alpha value is -2.25. The Bertz CT molecular complexity index is 946. The molecular weight excluding hydrogens is 334 g/mol. The molecule has 1 aromatic carbocycles. The van der Waals surface area contributed by atoms with E-state index in [0.717, 1.165) is 45.6 Å². The molecule has 0 fully saturated rings. The number of hydrogen-bond donors (Lipinski definition) is 3. The third-order valence-corrected chi connectivity index (χ3v) is 5.22. The Labute approximate surface area is 150 Å². The van der Waals surface area contributed by atoms with Gasteiger partial charge in [0, 0.05) is 22.7 Å². The zero-order valence-corrected chi connectivity index (χ0v) is 15.5. The van der Waals surface area contributed by atoms with E-state index in [1.807, 2.05) is 32.0 Å². The van der Waals surface area contributed by atoms with E-state index in [9.17, 15) is 4.79 Å². The molecule has 0 amide bonds. The van der Waals surface area contributed by atoms with Crippen molar-refractivity contribution in [1.29, 1.82) is 0 Å². The minimum atomic E-state index is 0.138. The molecule has 6 nitrogen and oxygen atoms in total. The monoisotopic (exact) mass is 357 g/mol. The average molecular weight is 357 g/mol. The number of fused-ring (bicyclic) bond motifs is 1. The fourth-order valence-corrected chi connectivity index (χ4v) is 3.54. The van der Waals surface area contributed by atoms with Gasteiger partial charge in [0.05, 0.1) is 12.1 Å². The number of aromatic nitrogens is 3. The first-order chi connectivity index (χ1) is 12.0.